The molecule has 76 valence electrons. The molecule has 1 aromatic rings. The van der Waals surface area contributed by atoms with Crippen LogP contribution in [0.1, 0.15) is 24.5 Å². The molecule has 0 aliphatic rings. The first kappa shape index (κ1) is 10.6. The maximum absolute atomic E-state index is 7.42. The summed E-state index contributed by atoms with van der Waals surface area (Å²) in [5.41, 5.74) is 8.39. The lowest BCUT2D eigenvalue weighted by molar-refractivity contribution is 0.978. The highest BCUT2D eigenvalue weighted by Crippen LogP contribution is 2.16. The minimum absolute atomic E-state index is 0.114. The van der Waals surface area contributed by atoms with Gasteiger partial charge in [0.2, 0.25) is 0 Å². The molecule has 0 spiro atoms. The third-order valence-electron chi connectivity index (χ3n) is 2.03. The third-order valence-corrected chi connectivity index (χ3v) is 2.03. The number of nitrogens with two attached hydrogens (primary N) is 1. The molecular weight excluding hydrogens is 174 g/mol. The van der Waals surface area contributed by atoms with Gasteiger partial charge in [-0.15, -0.1) is 0 Å². The molecule has 1 aromatic carbocycles. The van der Waals surface area contributed by atoms with Crippen molar-refractivity contribution in [1.82, 2.24) is 0 Å². The van der Waals surface area contributed by atoms with Crippen molar-refractivity contribution in [3.05, 3.63) is 29.3 Å². The summed E-state index contributed by atoms with van der Waals surface area (Å²) in [7, 11) is 0. The van der Waals surface area contributed by atoms with Crippen LogP contribution in [0.4, 0.5) is 5.69 Å². The largest absolute Gasteiger partial charge is 0.384 e. The van der Waals surface area contributed by atoms with E-state index in [1.165, 1.54) is 5.56 Å². The molecule has 0 saturated carbocycles. The average molecular weight is 191 g/mol. The Balaban J connectivity index is 2.97. The summed E-state index contributed by atoms with van der Waals surface area (Å²) >= 11 is 0. The fraction of sp³-hybridized carbons (Fsp3) is 0.364. The van der Waals surface area contributed by atoms with E-state index in [4.69, 9.17) is 11.1 Å². The minimum Gasteiger partial charge on any atom is -0.384 e. The lowest BCUT2D eigenvalue weighted by Crippen LogP contribution is -2.14. The van der Waals surface area contributed by atoms with E-state index >= 15 is 0 Å². The lowest BCUT2D eigenvalue weighted by Gasteiger charge is -2.11. The summed E-state index contributed by atoms with van der Waals surface area (Å²) in [6.45, 7) is 5.04. The number of rotatable bonds is 4. The quantitative estimate of drug-likeness (QED) is 0.504. The second-order valence-corrected chi connectivity index (χ2v) is 3.39. The van der Waals surface area contributed by atoms with Gasteiger partial charge in [0.1, 0.15) is 5.84 Å². The Kier molecular flexibility index (Phi) is 3.51. The number of benzene rings is 1. The second-order valence-electron chi connectivity index (χ2n) is 3.39. The summed E-state index contributed by atoms with van der Waals surface area (Å²) in [4.78, 5) is 0. The van der Waals surface area contributed by atoms with Crippen molar-refractivity contribution in [2.75, 3.05) is 11.9 Å². The molecule has 3 heteroatoms. The van der Waals surface area contributed by atoms with Gasteiger partial charge in [-0.05, 0) is 31.0 Å². The zero-order valence-corrected chi connectivity index (χ0v) is 8.72. The van der Waals surface area contributed by atoms with Gasteiger partial charge in [0.15, 0.2) is 0 Å². The van der Waals surface area contributed by atoms with Crippen LogP contribution >= 0.6 is 0 Å². The summed E-state index contributed by atoms with van der Waals surface area (Å²) in [5, 5.41) is 10.7. The van der Waals surface area contributed by atoms with Crippen LogP contribution in [0, 0.1) is 12.3 Å². The van der Waals surface area contributed by atoms with Crippen molar-refractivity contribution in [3.63, 3.8) is 0 Å². The van der Waals surface area contributed by atoms with Gasteiger partial charge in [-0.1, -0.05) is 13.0 Å². The number of amidine groups is 1. The number of aryl methyl sites for hydroxylation is 1. The van der Waals surface area contributed by atoms with Crippen LogP contribution < -0.4 is 11.1 Å². The van der Waals surface area contributed by atoms with Crippen LogP contribution in [0.3, 0.4) is 0 Å². The zero-order valence-electron chi connectivity index (χ0n) is 8.72. The van der Waals surface area contributed by atoms with E-state index in [1.54, 1.807) is 0 Å². The Hall–Kier alpha value is -1.51. The van der Waals surface area contributed by atoms with Crippen LogP contribution in [0.25, 0.3) is 0 Å². The fourth-order valence-electron chi connectivity index (χ4n) is 1.30. The van der Waals surface area contributed by atoms with E-state index in [0.29, 0.717) is 0 Å². The van der Waals surface area contributed by atoms with Gasteiger partial charge >= 0.3 is 0 Å². The molecule has 4 N–H and O–H groups in total. The topological polar surface area (TPSA) is 61.9 Å². The smallest absolute Gasteiger partial charge is 0.124 e. The SMILES string of the molecule is CCCNc1cc(C)ccc1C(=N)N. The normalized spacial score (nSPS) is 9.86. The summed E-state index contributed by atoms with van der Waals surface area (Å²) in [6.07, 6.45) is 1.06. The number of anilines is 1. The molecule has 0 heterocycles. The molecule has 1 rings (SSSR count). The van der Waals surface area contributed by atoms with Crippen LogP contribution in [0.2, 0.25) is 0 Å². The predicted octanol–water partition coefficient (Wildman–Crippen LogP) is 2.10. The molecule has 3 nitrogen and oxygen atoms in total. The summed E-state index contributed by atoms with van der Waals surface area (Å²) < 4.78 is 0. The van der Waals surface area contributed by atoms with E-state index < -0.39 is 0 Å². The van der Waals surface area contributed by atoms with Gasteiger partial charge in [0, 0.05) is 17.8 Å². The van der Waals surface area contributed by atoms with Crippen LogP contribution in [-0.4, -0.2) is 12.4 Å². The van der Waals surface area contributed by atoms with Crippen LogP contribution in [0.5, 0.6) is 0 Å². The fourth-order valence-corrected chi connectivity index (χ4v) is 1.30. The maximum atomic E-state index is 7.42. The molecule has 0 unspecified atom stereocenters. The summed E-state index contributed by atoms with van der Waals surface area (Å²) in [6, 6.07) is 5.87. The first-order valence-electron chi connectivity index (χ1n) is 4.84. The van der Waals surface area contributed by atoms with Crippen molar-refractivity contribution in [2.45, 2.75) is 20.3 Å². The van der Waals surface area contributed by atoms with E-state index in [9.17, 15) is 0 Å². The molecule has 0 fully saturated rings. The van der Waals surface area contributed by atoms with Crippen molar-refractivity contribution in [3.8, 4) is 0 Å². The molecule has 0 aliphatic heterocycles. The molecule has 0 saturated heterocycles. The second kappa shape index (κ2) is 4.65. The number of hydrogen-bond donors (Lipinski definition) is 3. The monoisotopic (exact) mass is 191 g/mol. The molecular formula is C11H17N3. The van der Waals surface area contributed by atoms with Crippen molar-refractivity contribution >= 4 is 11.5 Å². The highest BCUT2D eigenvalue weighted by atomic mass is 14.9. The van der Waals surface area contributed by atoms with Gasteiger partial charge in [0.05, 0.1) is 0 Å². The molecule has 0 aromatic heterocycles. The van der Waals surface area contributed by atoms with Gasteiger partial charge in [-0.3, -0.25) is 5.41 Å². The van der Waals surface area contributed by atoms with Crippen LogP contribution in [-0.2, 0) is 0 Å². The summed E-state index contributed by atoms with van der Waals surface area (Å²) in [5.74, 6) is 0.114. The first-order valence-corrected chi connectivity index (χ1v) is 4.84. The zero-order chi connectivity index (χ0) is 10.6. The maximum Gasteiger partial charge on any atom is 0.124 e. The number of nitrogen functional groups attached to an aromatic ring is 1. The molecule has 14 heavy (non-hydrogen) atoms. The lowest BCUT2D eigenvalue weighted by atomic mass is 10.1. The molecule has 0 aliphatic carbocycles. The Morgan fingerprint density at radius 1 is 1.50 bits per heavy atom. The van der Waals surface area contributed by atoms with Gasteiger partial charge < -0.3 is 11.1 Å². The third kappa shape index (κ3) is 2.49. The van der Waals surface area contributed by atoms with Gasteiger partial charge in [-0.2, -0.15) is 0 Å². The van der Waals surface area contributed by atoms with Crippen molar-refractivity contribution < 1.29 is 0 Å². The van der Waals surface area contributed by atoms with Gasteiger partial charge in [-0.25, -0.2) is 0 Å². The van der Waals surface area contributed by atoms with Crippen LogP contribution in [0.15, 0.2) is 18.2 Å². The van der Waals surface area contributed by atoms with E-state index in [2.05, 4.69) is 12.2 Å². The molecule has 0 radical (unpaired) electrons. The molecule has 0 amide bonds. The highest BCUT2D eigenvalue weighted by Gasteiger charge is 2.04. The van der Waals surface area contributed by atoms with Crippen molar-refractivity contribution in [1.29, 1.82) is 5.41 Å². The Bertz CT molecular complexity index is 331. The predicted molar refractivity (Wildman–Crippen MR) is 61.0 cm³/mol. The Labute approximate surface area is 84.8 Å². The molecule has 0 bridgehead atoms. The first-order chi connectivity index (χ1) is 6.65. The average Bonchev–Trinajstić information content (AvgIpc) is 2.14. The van der Waals surface area contributed by atoms with E-state index in [0.717, 1.165) is 24.2 Å². The van der Waals surface area contributed by atoms with Crippen molar-refractivity contribution in [2.24, 2.45) is 5.73 Å². The molecule has 0 atom stereocenters. The number of hydrogen-bond acceptors (Lipinski definition) is 2. The van der Waals surface area contributed by atoms with E-state index in [1.807, 2.05) is 25.1 Å². The Morgan fingerprint density at radius 2 is 2.21 bits per heavy atom. The highest BCUT2D eigenvalue weighted by molar-refractivity contribution is 6.00. The minimum atomic E-state index is 0.114. The number of nitrogens with one attached hydrogen (secondary N) is 2. The Morgan fingerprint density at radius 3 is 2.79 bits per heavy atom. The van der Waals surface area contributed by atoms with E-state index in [-0.39, 0.29) is 5.84 Å². The van der Waals surface area contributed by atoms with Gasteiger partial charge in [0.25, 0.3) is 0 Å². The standard InChI is InChI=1S/C11H17N3/c1-3-6-14-10-7-8(2)4-5-9(10)11(12)13/h4-5,7,14H,3,6H2,1-2H3,(H3,12,13).